The summed E-state index contributed by atoms with van der Waals surface area (Å²) in [4.78, 5) is 57.2. The van der Waals surface area contributed by atoms with Crippen LogP contribution >= 0.6 is 31.9 Å². The van der Waals surface area contributed by atoms with Crippen molar-refractivity contribution in [1.29, 1.82) is 0 Å². The molecule has 0 aliphatic carbocycles. The van der Waals surface area contributed by atoms with Crippen molar-refractivity contribution in [2.24, 2.45) is 0 Å². The highest BCUT2D eigenvalue weighted by molar-refractivity contribution is 9.11. The van der Waals surface area contributed by atoms with Crippen molar-refractivity contribution in [3.05, 3.63) is 290 Å². The first-order valence-corrected chi connectivity index (χ1v) is 36.4. The molecule has 0 amide bonds. The lowest BCUT2D eigenvalue weighted by Gasteiger charge is -2.32. The Hall–Kier alpha value is -10.8. The van der Waals surface area contributed by atoms with Crippen LogP contribution in [0.2, 0.25) is 0 Å². The van der Waals surface area contributed by atoms with E-state index in [0.29, 0.717) is 34.9 Å². The average Bonchev–Trinajstić information content (AvgIpc) is 1.61. The van der Waals surface area contributed by atoms with E-state index in [0.717, 1.165) is 138 Å². The molecule has 0 bridgehead atoms. The van der Waals surface area contributed by atoms with Crippen LogP contribution in [-0.4, -0.2) is 78.1 Å². The molecule has 5 aromatic heterocycles. The summed E-state index contributed by atoms with van der Waals surface area (Å²) >= 11 is 7.10. The van der Waals surface area contributed by atoms with Gasteiger partial charge in [0.1, 0.15) is 0 Å². The highest BCUT2D eigenvalue weighted by Gasteiger charge is 2.51. The lowest BCUT2D eigenvalue weighted by atomic mass is 9.79. The van der Waals surface area contributed by atoms with E-state index in [2.05, 4.69) is 257 Å². The number of hydrogen-bond acceptors (Lipinski definition) is 14. The van der Waals surface area contributed by atoms with Gasteiger partial charge in [0.25, 0.3) is 0 Å². The number of aromatic nitrogens is 12. The molecular weight excluding hydrogens is 1430 g/mol. The Morgan fingerprint density at radius 2 is 0.419 bits per heavy atom. The maximum absolute atomic E-state index is 6.08. The number of nitrogens with zero attached hydrogens (tertiary/aromatic N) is 12. The minimum atomic E-state index is -0.339. The van der Waals surface area contributed by atoms with E-state index in [-0.39, 0.29) is 18.3 Å². The van der Waals surface area contributed by atoms with Gasteiger partial charge in [-0.2, -0.15) is 0 Å². The number of hydrogen-bond donors (Lipinski definition) is 0. The number of rotatable bonds is 12. The summed E-state index contributed by atoms with van der Waals surface area (Å²) in [5.41, 5.74) is 23.6. The van der Waals surface area contributed by atoms with Gasteiger partial charge in [0.05, 0.1) is 11.2 Å². The molecule has 14 nitrogen and oxygen atoms in total. The molecule has 0 saturated carbocycles. The fourth-order valence-electron chi connectivity index (χ4n) is 12.1. The number of aryl methyl sites for hydroxylation is 10. The summed E-state index contributed by atoms with van der Waals surface area (Å²) in [6.45, 7) is 28.5. The summed E-state index contributed by atoms with van der Waals surface area (Å²) in [7, 11) is -0.339. The molecule has 0 spiro atoms. The van der Waals surface area contributed by atoms with Gasteiger partial charge in [-0.05, 0) is 179 Å². The summed E-state index contributed by atoms with van der Waals surface area (Å²) in [6, 6.07) is 76.5. The van der Waals surface area contributed by atoms with Crippen LogP contribution in [0.4, 0.5) is 0 Å². The summed E-state index contributed by atoms with van der Waals surface area (Å²) in [5, 5.41) is 0. The van der Waals surface area contributed by atoms with Crippen LogP contribution in [0, 0.1) is 69.2 Å². The first-order chi connectivity index (χ1) is 50.3. The molecule has 0 atom stereocenters. The molecule has 17 heteroatoms. The molecule has 6 heterocycles. The number of halogens is 2. The molecule has 1 fully saturated rings. The molecule has 1 aliphatic heterocycles. The van der Waals surface area contributed by atoms with E-state index in [1.807, 2.05) is 126 Å². The molecule has 15 rings (SSSR count). The third kappa shape index (κ3) is 17.5. The first kappa shape index (κ1) is 72.5. The minimum absolute atomic E-state index is 0.326. The molecule has 9 aromatic carbocycles. The molecule has 520 valence electrons. The Labute approximate surface area is 632 Å². The normalized spacial score (nSPS) is 12.8. The van der Waals surface area contributed by atoms with Gasteiger partial charge in [0.15, 0.2) is 52.4 Å². The Balaban J connectivity index is 0.000000159. The molecular formula is C88H79BBr2N12O2. The van der Waals surface area contributed by atoms with Crippen LogP contribution in [0.15, 0.2) is 233 Å². The van der Waals surface area contributed by atoms with Crippen LogP contribution in [0.1, 0.15) is 84.1 Å². The Morgan fingerprint density at radius 3 is 0.686 bits per heavy atom. The second-order valence-electron chi connectivity index (χ2n) is 27.8. The minimum Gasteiger partial charge on any atom is -0.399 e. The van der Waals surface area contributed by atoms with E-state index >= 15 is 0 Å². The topological polar surface area (TPSA) is 173 Å². The van der Waals surface area contributed by atoms with Gasteiger partial charge in [-0.3, -0.25) is 0 Å². The van der Waals surface area contributed by atoms with Crippen molar-refractivity contribution in [3.8, 4) is 125 Å². The highest BCUT2D eigenvalue weighted by Crippen LogP contribution is 2.39. The van der Waals surface area contributed by atoms with E-state index in [9.17, 15) is 0 Å². The zero-order valence-electron chi connectivity index (χ0n) is 61.4. The van der Waals surface area contributed by atoms with Crippen molar-refractivity contribution in [2.75, 3.05) is 0 Å². The molecule has 0 unspecified atom stereocenters. The predicted octanol–water partition coefficient (Wildman–Crippen LogP) is 21.0. The van der Waals surface area contributed by atoms with Crippen molar-refractivity contribution in [1.82, 2.24) is 59.8 Å². The molecule has 1 saturated heterocycles. The van der Waals surface area contributed by atoms with E-state index in [4.69, 9.17) is 39.2 Å². The second kappa shape index (κ2) is 30.9. The predicted molar refractivity (Wildman–Crippen MR) is 431 cm³/mol. The first-order valence-electron chi connectivity index (χ1n) is 34.9. The smallest absolute Gasteiger partial charge is 0.399 e. The summed E-state index contributed by atoms with van der Waals surface area (Å²) in [5.74, 6) is 6.01. The van der Waals surface area contributed by atoms with Gasteiger partial charge in [0.2, 0.25) is 0 Å². The lowest BCUT2D eigenvalue weighted by molar-refractivity contribution is 0.00578. The fraction of sp³-hybridized carbons (Fsp3) is 0.182. The Morgan fingerprint density at radius 1 is 0.219 bits per heavy atom. The van der Waals surface area contributed by atoms with Crippen LogP contribution in [0.25, 0.3) is 125 Å². The van der Waals surface area contributed by atoms with Gasteiger partial charge in [-0.1, -0.05) is 224 Å². The summed E-state index contributed by atoms with van der Waals surface area (Å²) in [6.07, 6.45) is 0. The zero-order chi connectivity index (χ0) is 73.8. The van der Waals surface area contributed by atoms with Crippen LogP contribution in [0.5, 0.6) is 0 Å². The maximum Gasteiger partial charge on any atom is 0.494 e. The molecule has 105 heavy (non-hydrogen) atoms. The molecule has 0 radical (unpaired) electrons. The quantitative estimate of drug-likeness (QED) is 0.106. The third-order valence-corrected chi connectivity index (χ3v) is 19.3. The summed E-state index contributed by atoms with van der Waals surface area (Å²) < 4.78 is 14.1. The molecule has 1 aliphatic rings. The lowest BCUT2D eigenvalue weighted by Crippen LogP contribution is -2.41. The van der Waals surface area contributed by atoms with Gasteiger partial charge >= 0.3 is 7.12 Å². The van der Waals surface area contributed by atoms with Crippen molar-refractivity contribution < 1.29 is 9.31 Å². The monoisotopic (exact) mass is 1500 g/mol. The fourth-order valence-corrected chi connectivity index (χ4v) is 13.4. The third-order valence-electron chi connectivity index (χ3n) is 18.4. The SMILES string of the molecule is Cc1cc(C)nc(-c2ccc(B3OC(C)(C)C(C)(C)O3)cc2)n1.Cc1ccc(-c2nc(-c3ccc(C)cc3)nc(-c3cc(-c4ccc(-c5nc(C)cc(C)n5)cc4)cc(-c4ccc(-c5nc(C)cc(C)n5)cc4)c3)n2)cc1.Cc1ccc(-c2nc(-c3ccc(C)cc3)nc(-c3cc(Br)cc(Br)c3)n2)cc1. The molecule has 14 aromatic rings. The maximum atomic E-state index is 6.08. The Kier molecular flexibility index (Phi) is 21.3. The average molecular weight is 1510 g/mol. The van der Waals surface area contributed by atoms with Crippen LogP contribution in [0.3, 0.4) is 0 Å². The van der Waals surface area contributed by atoms with Crippen LogP contribution < -0.4 is 5.46 Å². The van der Waals surface area contributed by atoms with E-state index in [1.54, 1.807) is 0 Å². The van der Waals surface area contributed by atoms with Gasteiger partial charge in [-0.15, -0.1) is 0 Å². The van der Waals surface area contributed by atoms with E-state index < -0.39 is 0 Å². The highest BCUT2D eigenvalue weighted by atomic mass is 79.9. The number of benzene rings is 9. The second-order valence-corrected chi connectivity index (χ2v) is 29.7. The van der Waals surface area contributed by atoms with Gasteiger partial charge < -0.3 is 9.31 Å². The Bertz CT molecular complexity index is 5150. The zero-order valence-corrected chi connectivity index (χ0v) is 64.6. The van der Waals surface area contributed by atoms with Gasteiger partial charge in [-0.25, -0.2) is 59.8 Å². The van der Waals surface area contributed by atoms with Crippen molar-refractivity contribution in [3.63, 3.8) is 0 Å². The largest absolute Gasteiger partial charge is 0.494 e. The molecule has 0 N–H and O–H groups in total. The van der Waals surface area contributed by atoms with Gasteiger partial charge in [0, 0.05) is 93.2 Å². The standard InChI is InChI=1S/C47H39N7.C23H17Br2N3.C18H23BN2O2/c1-28-7-11-36(12-8-28)45-52-46(37-13-9-29(2)10-14-37)54-47(53-45)42-26-40(34-15-19-38(20-16-34)43-48-30(3)23-31(4)49-43)25-41(27-42)35-17-21-39(22-18-35)44-50-32(5)24-33(6)51-44;1-14-3-7-16(8-4-14)21-26-22(17-9-5-15(2)6-10-17)28-23(27-21)18-11-19(24)13-20(25)12-18;1-12-11-13(2)21-16(20-12)14-7-9-15(10-8-14)19-22-17(3,4)18(5,6)23-19/h7-27H,1-6H3;3-13H,1-2H3;7-11H,1-6H3. The van der Waals surface area contributed by atoms with Crippen molar-refractivity contribution >= 4 is 44.4 Å². The van der Waals surface area contributed by atoms with Crippen molar-refractivity contribution in [2.45, 2.75) is 108 Å². The van der Waals surface area contributed by atoms with E-state index in [1.165, 1.54) is 22.3 Å². The van der Waals surface area contributed by atoms with Crippen LogP contribution in [-0.2, 0) is 9.31 Å².